The van der Waals surface area contributed by atoms with Gasteiger partial charge in [0.15, 0.2) is 0 Å². The summed E-state index contributed by atoms with van der Waals surface area (Å²) in [5.74, 6) is 0. The maximum absolute atomic E-state index is 10.5. The van der Waals surface area contributed by atoms with Crippen LogP contribution in [-0.4, -0.2) is 23.4 Å². The van der Waals surface area contributed by atoms with Crippen LogP contribution in [0.4, 0.5) is 0 Å². The zero-order chi connectivity index (χ0) is 11.6. The highest BCUT2D eigenvalue weighted by atomic mass is 16.5. The van der Waals surface area contributed by atoms with Crippen molar-refractivity contribution in [3.05, 3.63) is 35.4 Å². The molecule has 2 nitrogen and oxygen atoms in total. The molecule has 88 valence electrons. The maximum atomic E-state index is 10.5. The van der Waals surface area contributed by atoms with Gasteiger partial charge in [-0.3, -0.25) is 0 Å². The Morgan fingerprint density at radius 1 is 1.38 bits per heavy atom. The molecule has 2 unspecified atom stereocenters. The van der Waals surface area contributed by atoms with Crippen LogP contribution in [-0.2, 0) is 11.2 Å². The van der Waals surface area contributed by atoms with Crippen LogP contribution in [0.3, 0.4) is 0 Å². The average Bonchev–Trinajstić information content (AvgIpc) is 2.21. The summed E-state index contributed by atoms with van der Waals surface area (Å²) in [6, 6.07) is 8.41. The largest absolute Gasteiger partial charge is 0.389 e. The number of hydrogen-bond donors (Lipinski definition) is 1. The van der Waals surface area contributed by atoms with Crippen molar-refractivity contribution in [1.82, 2.24) is 0 Å². The van der Waals surface area contributed by atoms with E-state index in [1.807, 2.05) is 6.92 Å². The highest BCUT2D eigenvalue weighted by Gasteiger charge is 2.33. The van der Waals surface area contributed by atoms with Gasteiger partial charge in [0.2, 0.25) is 0 Å². The second kappa shape index (κ2) is 4.56. The Kier molecular flexibility index (Phi) is 3.31. The molecule has 2 atom stereocenters. The van der Waals surface area contributed by atoms with Crippen molar-refractivity contribution >= 4 is 0 Å². The summed E-state index contributed by atoms with van der Waals surface area (Å²) in [5.41, 5.74) is 1.89. The van der Waals surface area contributed by atoms with Gasteiger partial charge >= 0.3 is 0 Å². The molecule has 1 saturated heterocycles. The minimum Gasteiger partial charge on any atom is -0.389 e. The normalized spacial score (nSPS) is 30.3. The summed E-state index contributed by atoms with van der Waals surface area (Å²) in [7, 11) is 0. The standard InChI is InChI=1S/C14H20O2/c1-11-3-5-13(6-4-11)10-14(15)7-8-16-12(2)9-14/h3-6,12,15H,7-10H2,1-2H3. The van der Waals surface area contributed by atoms with Gasteiger partial charge in [-0.1, -0.05) is 29.8 Å². The van der Waals surface area contributed by atoms with Crippen LogP contribution in [0.25, 0.3) is 0 Å². The fraction of sp³-hybridized carbons (Fsp3) is 0.571. The Hall–Kier alpha value is -0.860. The monoisotopic (exact) mass is 220 g/mol. The molecule has 1 aromatic rings. The van der Waals surface area contributed by atoms with Crippen molar-refractivity contribution in [2.24, 2.45) is 0 Å². The minimum atomic E-state index is -0.576. The molecule has 0 saturated carbocycles. The maximum Gasteiger partial charge on any atom is 0.0734 e. The van der Waals surface area contributed by atoms with E-state index < -0.39 is 5.60 Å². The van der Waals surface area contributed by atoms with Gasteiger partial charge in [0.1, 0.15) is 0 Å². The van der Waals surface area contributed by atoms with Gasteiger partial charge in [-0.15, -0.1) is 0 Å². The Balaban J connectivity index is 2.05. The summed E-state index contributed by atoms with van der Waals surface area (Å²) < 4.78 is 5.47. The van der Waals surface area contributed by atoms with Crippen LogP contribution < -0.4 is 0 Å². The van der Waals surface area contributed by atoms with E-state index in [2.05, 4.69) is 31.2 Å². The highest BCUT2D eigenvalue weighted by Crippen LogP contribution is 2.28. The van der Waals surface area contributed by atoms with E-state index in [-0.39, 0.29) is 6.10 Å². The molecule has 1 N–H and O–H groups in total. The molecule has 1 aliphatic rings. The number of benzene rings is 1. The second-order valence-corrected chi connectivity index (χ2v) is 5.02. The van der Waals surface area contributed by atoms with Crippen LogP contribution >= 0.6 is 0 Å². The first-order valence-electron chi connectivity index (χ1n) is 5.97. The van der Waals surface area contributed by atoms with Gasteiger partial charge < -0.3 is 9.84 Å². The molecule has 1 aliphatic heterocycles. The Bertz CT molecular complexity index is 344. The number of aryl methyl sites for hydroxylation is 1. The first kappa shape index (κ1) is 11.6. The van der Waals surface area contributed by atoms with Crippen molar-refractivity contribution in [2.75, 3.05) is 6.61 Å². The molecule has 16 heavy (non-hydrogen) atoms. The first-order chi connectivity index (χ1) is 7.57. The first-order valence-corrected chi connectivity index (χ1v) is 5.97. The van der Waals surface area contributed by atoms with E-state index in [1.54, 1.807) is 0 Å². The lowest BCUT2D eigenvalue weighted by Crippen LogP contribution is -2.41. The van der Waals surface area contributed by atoms with E-state index in [1.165, 1.54) is 11.1 Å². The molecule has 2 heteroatoms. The van der Waals surface area contributed by atoms with Crippen LogP contribution in [0.15, 0.2) is 24.3 Å². The smallest absolute Gasteiger partial charge is 0.0734 e. The molecular formula is C14H20O2. The lowest BCUT2D eigenvalue weighted by Gasteiger charge is -2.35. The van der Waals surface area contributed by atoms with Crippen molar-refractivity contribution in [2.45, 2.75) is 44.8 Å². The van der Waals surface area contributed by atoms with Crippen LogP contribution in [0.2, 0.25) is 0 Å². The lowest BCUT2D eigenvalue weighted by molar-refractivity contribution is -0.0961. The topological polar surface area (TPSA) is 29.5 Å². The van der Waals surface area contributed by atoms with Crippen molar-refractivity contribution < 1.29 is 9.84 Å². The van der Waals surface area contributed by atoms with Crippen LogP contribution in [0.5, 0.6) is 0 Å². The van der Waals surface area contributed by atoms with Gasteiger partial charge in [-0.25, -0.2) is 0 Å². The number of ether oxygens (including phenoxy) is 1. The van der Waals surface area contributed by atoms with E-state index in [9.17, 15) is 5.11 Å². The van der Waals surface area contributed by atoms with E-state index in [4.69, 9.17) is 4.74 Å². The molecule has 1 fully saturated rings. The molecule has 0 spiro atoms. The van der Waals surface area contributed by atoms with Crippen LogP contribution in [0.1, 0.15) is 30.9 Å². The molecule has 1 aromatic carbocycles. The quantitative estimate of drug-likeness (QED) is 0.829. The molecule has 0 aliphatic carbocycles. The van der Waals surface area contributed by atoms with Gasteiger partial charge in [-0.2, -0.15) is 0 Å². The molecule has 0 aromatic heterocycles. The van der Waals surface area contributed by atoms with Gasteiger partial charge in [-0.05, 0) is 25.8 Å². The highest BCUT2D eigenvalue weighted by molar-refractivity contribution is 5.22. The SMILES string of the molecule is Cc1ccc(CC2(O)CCOC(C)C2)cc1. The fourth-order valence-electron chi connectivity index (χ4n) is 2.39. The van der Waals surface area contributed by atoms with Gasteiger partial charge in [0, 0.05) is 19.4 Å². The lowest BCUT2D eigenvalue weighted by atomic mass is 9.85. The van der Waals surface area contributed by atoms with Crippen LogP contribution in [0, 0.1) is 6.92 Å². The van der Waals surface area contributed by atoms with Crippen molar-refractivity contribution in [3.63, 3.8) is 0 Å². The predicted molar refractivity (Wildman–Crippen MR) is 64.5 cm³/mol. The molecule has 0 amide bonds. The Morgan fingerprint density at radius 3 is 2.69 bits per heavy atom. The third-order valence-corrected chi connectivity index (χ3v) is 3.29. The zero-order valence-electron chi connectivity index (χ0n) is 10.1. The van der Waals surface area contributed by atoms with Gasteiger partial charge in [0.25, 0.3) is 0 Å². The van der Waals surface area contributed by atoms with E-state index in [0.29, 0.717) is 6.61 Å². The summed E-state index contributed by atoms with van der Waals surface area (Å²) in [4.78, 5) is 0. The minimum absolute atomic E-state index is 0.171. The van der Waals surface area contributed by atoms with E-state index >= 15 is 0 Å². The predicted octanol–water partition coefficient (Wildman–Crippen LogP) is 2.47. The van der Waals surface area contributed by atoms with Gasteiger partial charge in [0.05, 0.1) is 11.7 Å². The zero-order valence-corrected chi connectivity index (χ0v) is 10.1. The Labute approximate surface area is 97.3 Å². The average molecular weight is 220 g/mol. The summed E-state index contributed by atoms with van der Waals surface area (Å²) >= 11 is 0. The summed E-state index contributed by atoms with van der Waals surface area (Å²) in [6.45, 7) is 4.78. The summed E-state index contributed by atoms with van der Waals surface area (Å²) in [5, 5.41) is 10.5. The molecular weight excluding hydrogens is 200 g/mol. The number of rotatable bonds is 2. The Morgan fingerprint density at radius 2 is 2.06 bits per heavy atom. The summed E-state index contributed by atoms with van der Waals surface area (Å²) in [6.07, 6.45) is 2.39. The molecule has 0 bridgehead atoms. The third kappa shape index (κ3) is 2.83. The van der Waals surface area contributed by atoms with E-state index in [0.717, 1.165) is 19.3 Å². The molecule has 1 heterocycles. The molecule has 2 rings (SSSR count). The fourth-order valence-corrected chi connectivity index (χ4v) is 2.39. The van der Waals surface area contributed by atoms with Crippen molar-refractivity contribution in [3.8, 4) is 0 Å². The van der Waals surface area contributed by atoms with Crippen molar-refractivity contribution in [1.29, 1.82) is 0 Å². The molecule has 0 radical (unpaired) electrons. The second-order valence-electron chi connectivity index (χ2n) is 5.02. The number of aliphatic hydroxyl groups is 1. The third-order valence-electron chi connectivity index (χ3n) is 3.29. The number of hydrogen-bond acceptors (Lipinski definition) is 2.